The Morgan fingerprint density at radius 2 is 1.79 bits per heavy atom. The van der Waals surface area contributed by atoms with Crippen LogP contribution in [0.1, 0.15) is 37.3 Å². The van der Waals surface area contributed by atoms with E-state index in [0.29, 0.717) is 37.1 Å². The summed E-state index contributed by atoms with van der Waals surface area (Å²) in [6.07, 6.45) is 4.13. The van der Waals surface area contributed by atoms with Crippen molar-refractivity contribution in [3.63, 3.8) is 0 Å². The van der Waals surface area contributed by atoms with Crippen LogP contribution in [0.15, 0.2) is 60.9 Å². The molecule has 1 aliphatic rings. The highest BCUT2D eigenvalue weighted by atomic mass is 35.5. The highest BCUT2D eigenvalue weighted by molar-refractivity contribution is 5.85. The molecular formula is C25H25ClFN5O2. The number of aliphatic carboxylic acids is 1. The summed E-state index contributed by atoms with van der Waals surface area (Å²) in [6.45, 7) is 0. The first-order chi connectivity index (χ1) is 16.0. The molecule has 7 nitrogen and oxygen atoms in total. The number of carbonyl (C=O) groups is 1. The van der Waals surface area contributed by atoms with Gasteiger partial charge in [-0.3, -0.25) is 4.98 Å². The topological polar surface area (TPSA) is 106 Å². The molecule has 0 spiro atoms. The van der Waals surface area contributed by atoms with Crippen LogP contribution in [0.25, 0.3) is 28.0 Å². The lowest BCUT2D eigenvalue weighted by Crippen LogP contribution is -2.28. The number of anilines is 1. The minimum Gasteiger partial charge on any atom is -0.479 e. The first-order valence-corrected chi connectivity index (χ1v) is 11.0. The molecule has 9 heteroatoms. The maximum Gasteiger partial charge on any atom is 0.338 e. The summed E-state index contributed by atoms with van der Waals surface area (Å²) in [5, 5.41) is 13.4. The molecule has 5 rings (SSSR count). The molecule has 3 heterocycles. The SMILES string of the molecule is Cl.Nc1cc(C2CCC(C(F)C(=O)O)CC2)nc2c(-c3ccc(-c4ccccc4)nc3)cnn12. The number of rotatable bonds is 5. The third-order valence-corrected chi connectivity index (χ3v) is 6.50. The molecule has 176 valence electrons. The fourth-order valence-electron chi connectivity index (χ4n) is 4.66. The quantitative estimate of drug-likeness (QED) is 0.408. The molecule has 4 aromatic rings. The van der Waals surface area contributed by atoms with Gasteiger partial charge in [-0.15, -0.1) is 12.4 Å². The van der Waals surface area contributed by atoms with Gasteiger partial charge in [0.1, 0.15) is 5.82 Å². The summed E-state index contributed by atoms with van der Waals surface area (Å²) >= 11 is 0. The number of aromatic nitrogens is 4. The van der Waals surface area contributed by atoms with E-state index in [1.165, 1.54) is 0 Å². The average molecular weight is 482 g/mol. The van der Waals surface area contributed by atoms with E-state index in [-0.39, 0.29) is 18.3 Å². The zero-order valence-corrected chi connectivity index (χ0v) is 19.2. The Kier molecular flexibility index (Phi) is 6.79. The molecule has 1 saturated carbocycles. The van der Waals surface area contributed by atoms with E-state index < -0.39 is 18.1 Å². The Morgan fingerprint density at radius 3 is 2.44 bits per heavy atom. The molecule has 0 bridgehead atoms. The maximum atomic E-state index is 13.9. The van der Waals surface area contributed by atoms with Crippen LogP contribution in [0.3, 0.4) is 0 Å². The Hall–Kier alpha value is -3.52. The van der Waals surface area contributed by atoms with Gasteiger partial charge in [-0.1, -0.05) is 36.4 Å². The van der Waals surface area contributed by atoms with Crippen molar-refractivity contribution in [2.75, 3.05) is 5.73 Å². The van der Waals surface area contributed by atoms with E-state index in [2.05, 4.69) is 10.1 Å². The number of carboxylic acids is 1. The number of nitrogen functional groups attached to an aromatic ring is 1. The standard InChI is InChI=1S/C25H24FN5O2.ClH/c26-23(25(32)33)17-8-6-16(7-9-17)21-12-22(27)31-24(30-21)19(14-29-31)18-10-11-20(28-13-18)15-4-2-1-3-5-15;/h1-5,10-14,16-17,23H,6-9,27H2,(H,32,33);1H. The van der Waals surface area contributed by atoms with Crippen molar-refractivity contribution in [1.82, 2.24) is 19.6 Å². The van der Waals surface area contributed by atoms with Crippen LogP contribution in [-0.2, 0) is 4.79 Å². The molecule has 0 saturated heterocycles. The number of carboxylic acid groups (broad SMARTS) is 1. The second-order valence-electron chi connectivity index (χ2n) is 8.55. The Morgan fingerprint density at radius 1 is 1.06 bits per heavy atom. The molecule has 0 amide bonds. The zero-order chi connectivity index (χ0) is 22.9. The summed E-state index contributed by atoms with van der Waals surface area (Å²) in [4.78, 5) is 20.4. The number of alkyl halides is 1. The lowest BCUT2D eigenvalue weighted by atomic mass is 9.78. The monoisotopic (exact) mass is 481 g/mol. The van der Waals surface area contributed by atoms with Crippen LogP contribution in [-0.4, -0.2) is 36.8 Å². The largest absolute Gasteiger partial charge is 0.479 e. The van der Waals surface area contributed by atoms with E-state index in [0.717, 1.165) is 28.1 Å². The van der Waals surface area contributed by atoms with E-state index in [9.17, 15) is 9.18 Å². The van der Waals surface area contributed by atoms with Crippen molar-refractivity contribution in [3.8, 4) is 22.4 Å². The van der Waals surface area contributed by atoms with Gasteiger partial charge in [0.2, 0.25) is 0 Å². The minimum absolute atomic E-state index is 0. The summed E-state index contributed by atoms with van der Waals surface area (Å²) in [6, 6.07) is 15.7. The van der Waals surface area contributed by atoms with E-state index in [1.54, 1.807) is 10.7 Å². The van der Waals surface area contributed by atoms with Gasteiger partial charge in [0.05, 0.1) is 11.9 Å². The number of halogens is 2. The van der Waals surface area contributed by atoms with Gasteiger partial charge in [-0.05, 0) is 31.7 Å². The molecule has 1 atom stereocenters. The minimum atomic E-state index is -1.81. The van der Waals surface area contributed by atoms with Crippen LogP contribution >= 0.6 is 12.4 Å². The van der Waals surface area contributed by atoms with Crippen molar-refractivity contribution in [2.45, 2.75) is 37.8 Å². The number of hydrogen-bond donors (Lipinski definition) is 2. The van der Waals surface area contributed by atoms with Crippen molar-refractivity contribution in [1.29, 1.82) is 0 Å². The molecule has 1 unspecified atom stereocenters. The zero-order valence-electron chi connectivity index (χ0n) is 18.3. The van der Waals surface area contributed by atoms with Crippen molar-refractivity contribution < 1.29 is 14.3 Å². The first kappa shape index (κ1) is 23.6. The molecule has 3 N–H and O–H groups in total. The summed E-state index contributed by atoms with van der Waals surface area (Å²) in [7, 11) is 0. The summed E-state index contributed by atoms with van der Waals surface area (Å²) in [5.41, 5.74) is 11.4. The normalized spacial score (nSPS) is 18.9. The van der Waals surface area contributed by atoms with Gasteiger partial charge in [0, 0.05) is 46.5 Å². The third-order valence-electron chi connectivity index (χ3n) is 6.50. The van der Waals surface area contributed by atoms with Crippen molar-refractivity contribution in [2.24, 2.45) is 5.92 Å². The van der Waals surface area contributed by atoms with Gasteiger partial charge in [-0.2, -0.15) is 9.61 Å². The van der Waals surface area contributed by atoms with Gasteiger partial charge >= 0.3 is 5.97 Å². The predicted molar refractivity (Wildman–Crippen MR) is 131 cm³/mol. The maximum absolute atomic E-state index is 13.9. The Balaban J connectivity index is 0.00000274. The molecule has 1 aromatic carbocycles. The lowest BCUT2D eigenvalue weighted by molar-refractivity contribution is -0.145. The molecule has 0 radical (unpaired) electrons. The summed E-state index contributed by atoms with van der Waals surface area (Å²) < 4.78 is 15.5. The van der Waals surface area contributed by atoms with Crippen molar-refractivity contribution in [3.05, 3.63) is 66.6 Å². The van der Waals surface area contributed by atoms with Gasteiger partial charge in [-0.25, -0.2) is 14.2 Å². The third kappa shape index (κ3) is 4.46. The van der Waals surface area contributed by atoms with Crippen LogP contribution in [0.5, 0.6) is 0 Å². The van der Waals surface area contributed by atoms with E-state index in [1.807, 2.05) is 54.7 Å². The summed E-state index contributed by atoms with van der Waals surface area (Å²) in [5.74, 6) is -1.24. The van der Waals surface area contributed by atoms with Crippen molar-refractivity contribution >= 4 is 29.8 Å². The Bertz CT molecular complexity index is 1290. The fraction of sp³-hybridized carbons (Fsp3) is 0.280. The molecule has 34 heavy (non-hydrogen) atoms. The average Bonchev–Trinajstić information content (AvgIpc) is 3.29. The number of pyridine rings is 1. The lowest BCUT2D eigenvalue weighted by Gasteiger charge is -2.28. The second-order valence-corrected chi connectivity index (χ2v) is 8.55. The van der Waals surface area contributed by atoms with Gasteiger partial charge in [0.15, 0.2) is 11.8 Å². The van der Waals surface area contributed by atoms with Gasteiger partial charge in [0.25, 0.3) is 0 Å². The highest BCUT2D eigenvalue weighted by Crippen LogP contribution is 2.38. The molecular weight excluding hydrogens is 457 g/mol. The fourth-order valence-corrected chi connectivity index (χ4v) is 4.66. The highest BCUT2D eigenvalue weighted by Gasteiger charge is 2.33. The second kappa shape index (κ2) is 9.77. The van der Waals surface area contributed by atoms with E-state index >= 15 is 0 Å². The van der Waals surface area contributed by atoms with Crippen LogP contribution in [0, 0.1) is 5.92 Å². The predicted octanol–water partition coefficient (Wildman–Crippen LogP) is 5.16. The van der Waals surface area contributed by atoms with Crippen LogP contribution in [0.2, 0.25) is 0 Å². The van der Waals surface area contributed by atoms with E-state index in [4.69, 9.17) is 15.8 Å². The number of fused-ring (bicyclic) bond motifs is 1. The first-order valence-electron chi connectivity index (χ1n) is 11.0. The van der Waals surface area contributed by atoms with Crippen LogP contribution in [0.4, 0.5) is 10.2 Å². The molecule has 1 fully saturated rings. The number of hydrogen-bond acceptors (Lipinski definition) is 5. The molecule has 3 aromatic heterocycles. The van der Waals surface area contributed by atoms with Gasteiger partial charge < -0.3 is 10.8 Å². The number of nitrogens with two attached hydrogens (primary N) is 1. The number of nitrogens with zero attached hydrogens (tertiary/aromatic N) is 4. The number of benzene rings is 1. The molecule has 0 aliphatic heterocycles. The molecule has 1 aliphatic carbocycles. The smallest absolute Gasteiger partial charge is 0.338 e. The Labute approximate surface area is 202 Å². The van der Waals surface area contributed by atoms with Crippen LogP contribution < -0.4 is 5.73 Å².